The Morgan fingerprint density at radius 2 is 1.70 bits per heavy atom. The fourth-order valence-corrected chi connectivity index (χ4v) is 6.52. The Bertz CT molecular complexity index is 1480. The molecule has 3 aromatic rings. The molecule has 0 radical (unpaired) electrons. The van der Waals surface area contributed by atoms with Crippen LogP contribution in [-0.4, -0.2) is 48.7 Å². The topological polar surface area (TPSA) is 116 Å². The minimum Gasteiger partial charge on any atom is -0.345 e. The maximum absolute atomic E-state index is 14.5. The normalized spacial score (nSPS) is 18.5. The van der Waals surface area contributed by atoms with E-state index in [1.807, 2.05) is 17.0 Å². The van der Waals surface area contributed by atoms with Crippen molar-refractivity contribution in [3.63, 3.8) is 0 Å². The molecule has 228 valence electrons. The summed E-state index contributed by atoms with van der Waals surface area (Å²) in [6, 6.07) is 12.5. The molecule has 1 aliphatic carbocycles. The van der Waals surface area contributed by atoms with Crippen LogP contribution >= 0.6 is 23.2 Å². The number of carbonyl (C=O) groups excluding carboxylic acids is 2. The van der Waals surface area contributed by atoms with Gasteiger partial charge in [-0.2, -0.15) is 5.21 Å². The van der Waals surface area contributed by atoms with Gasteiger partial charge in [0.15, 0.2) is 5.82 Å². The molecule has 2 heterocycles. The molecule has 2 N–H and O–H groups in total. The van der Waals surface area contributed by atoms with Crippen molar-refractivity contribution in [2.75, 3.05) is 0 Å². The van der Waals surface area contributed by atoms with Crippen LogP contribution in [0, 0.1) is 10.8 Å². The van der Waals surface area contributed by atoms with Gasteiger partial charge in [0.05, 0.1) is 12.6 Å². The first kappa shape index (κ1) is 31.1. The minimum atomic E-state index is -0.667. The highest BCUT2D eigenvalue weighted by Crippen LogP contribution is 2.50. The number of halogens is 2. The van der Waals surface area contributed by atoms with Crippen molar-refractivity contribution in [3.8, 4) is 0 Å². The lowest BCUT2D eigenvalue weighted by Crippen LogP contribution is -2.51. The number of aromatic nitrogens is 4. The zero-order valence-corrected chi connectivity index (χ0v) is 26.9. The molecular formula is C32H39Cl2N7O2. The lowest BCUT2D eigenvalue weighted by molar-refractivity contribution is -0.134. The monoisotopic (exact) mass is 623 g/mol. The number of H-pyrrole nitrogens is 1. The zero-order valence-electron chi connectivity index (χ0n) is 25.4. The first-order chi connectivity index (χ1) is 20.3. The van der Waals surface area contributed by atoms with Crippen molar-refractivity contribution in [1.82, 2.24) is 30.8 Å². The number of carbonyl (C=O) groups is 2. The SMILES string of the molecule is CC(C)(C)CCC(c1ccc(C(=O)NCc2nn[nH]n2)cc1)N1C(=O)C(c2cc(Cl)cc(Cl)c2)=NC12CCC(C)(C)CC2. The average molecular weight is 625 g/mol. The summed E-state index contributed by atoms with van der Waals surface area (Å²) in [5, 5.41) is 17.4. The molecule has 2 amide bonds. The smallest absolute Gasteiger partial charge is 0.275 e. The van der Waals surface area contributed by atoms with Crippen LogP contribution < -0.4 is 5.32 Å². The molecule has 1 aromatic heterocycles. The fourth-order valence-electron chi connectivity index (χ4n) is 5.99. The van der Waals surface area contributed by atoms with Gasteiger partial charge in [-0.3, -0.25) is 14.6 Å². The van der Waals surface area contributed by atoms with Gasteiger partial charge in [0.1, 0.15) is 11.4 Å². The molecule has 1 atom stereocenters. The number of hydrogen-bond acceptors (Lipinski definition) is 6. The number of nitrogens with zero attached hydrogens (tertiary/aromatic N) is 5. The minimum absolute atomic E-state index is 0.0574. The number of nitrogens with one attached hydrogen (secondary N) is 2. The Kier molecular flexibility index (Phi) is 8.69. The summed E-state index contributed by atoms with van der Waals surface area (Å²) in [7, 11) is 0. The van der Waals surface area contributed by atoms with E-state index in [2.05, 4.69) is 60.6 Å². The third-order valence-corrected chi connectivity index (χ3v) is 9.00. The maximum atomic E-state index is 14.5. The molecule has 0 bridgehead atoms. The first-order valence-corrected chi connectivity index (χ1v) is 15.5. The quantitative estimate of drug-likeness (QED) is 0.282. The van der Waals surface area contributed by atoms with E-state index in [1.165, 1.54) is 0 Å². The van der Waals surface area contributed by atoms with Gasteiger partial charge < -0.3 is 10.2 Å². The van der Waals surface area contributed by atoms with Crippen LogP contribution in [0.5, 0.6) is 0 Å². The first-order valence-electron chi connectivity index (χ1n) is 14.8. The number of amides is 2. The highest BCUT2D eigenvalue weighted by molar-refractivity contribution is 6.47. The molecule has 2 aromatic carbocycles. The van der Waals surface area contributed by atoms with Gasteiger partial charge in [0.25, 0.3) is 11.8 Å². The Balaban J connectivity index is 1.50. The number of tetrazole rings is 1. The Labute approximate surface area is 262 Å². The summed E-state index contributed by atoms with van der Waals surface area (Å²) in [5.74, 6) is 0.0469. The van der Waals surface area contributed by atoms with Crippen molar-refractivity contribution in [3.05, 3.63) is 75.0 Å². The third kappa shape index (κ3) is 7.10. The molecule has 11 heteroatoms. The second-order valence-corrected chi connectivity index (χ2v) is 14.6. The van der Waals surface area contributed by atoms with Crippen LogP contribution in [0.3, 0.4) is 0 Å². The van der Waals surface area contributed by atoms with E-state index < -0.39 is 5.66 Å². The van der Waals surface area contributed by atoms with Gasteiger partial charge in [-0.25, -0.2) is 0 Å². The molecule has 0 saturated heterocycles. The molecule has 5 rings (SSSR count). The highest BCUT2D eigenvalue weighted by atomic mass is 35.5. The molecule has 43 heavy (non-hydrogen) atoms. The summed E-state index contributed by atoms with van der Waals surface area (Å²) in [6.45, 7) is 11.4. The molecule has 9 nitrogen and oxygen atoms in total. The second-order valence-electron chi connectivity index (χ2n) is 13.7. The summed E-state index contributed by atoms with van der Waals surface area (Å²) in [5.41, 5.74) is 2.09. The number of hydrogen-bond donors (Lipinski definition) is 2. The van der Waals surface area contributed by atoms with Gasteiger partial charge in [-0.05, 0) is 85.3 Å². The number of benzene rings is 2. The molecular weight excluding hydrogens is 585 g/mol. The second kappa shape index (κ2) is 12.0. The van der Waals surface area contributed by atoms with Crippen LogP contribution in [-0.2, 0) is 11.3 Å². The average Bonchev–Trinajstić information content (AvgIpc) is 3.56. The standard InChI is InChI=1S/C32H39Cl2N7O2/c1-30(2,3)11-10-25(20-6-8-21(9-7-20)28(42)35-19-26-37-39-40-38-26)41-29(43)27(22-16-23(33)18-24(34)17-22)36-32(41)14-12-31(4,5)13-15-32/h6-9,16-18,25H,10-15,19H2,1-5H3,(H,35,42)(H,37,38,39,40). The number of rotatable bonds is 8. The Morgan fingerprint density at radius 1 is 1.05 bits per heavy atom. The third-order valence-electron chi connectivity index (χ3n) is 8.56. The van der Waals surface area contributed by atoms with Crippen molar-refractivity contribution in [1.29, 1.82) is 0 Å². The predicted molar refractivity (Wildman–Crippen MR) is 168 cm³/mol. The molecule has 1 saturated carbocycles. The fraction of sp³-hybridized carbons (Fsp3) is 0.500. The van der Waals surface area contributed by atoms with Crippen LogP contribution in [0.4, 0.5) is 0 Å². The van der Waals surface area contributed by atoms with E-state index in [1.54, 1.807) is 30.3 Å². The van der Waals surface area contributed by atoms with E-state index in [4.69, 9.17) is 28.2 Å². The van der Waals surface area contributed by atoms with Crippen molar-refractivity contribution < 1.29 is 9.59 Å². The molecule has 1 spiro atoms. The van der Waals surface area contributed by atoms with E-state index in [0.717, 1.165) is 44.1 Å². The maximum Gasteiger partial charge on any atom is 0.275 e. The van der Waals surface area contributed by atoms with Gasteiger partial charge in [0.2, 0.25) is 0 Å². The van der Waals surface area contributed by atoms with Crippen molar-refractivity contribution >= 4 is 40.7 Å². The molecule has 1 unspecified atom stereocenters. The molecule has 1 fully saturated rings. The van der Waals surface area contributed by atoms with Crippen LogP contribution in [0.25, 0.3) is 0 Å². The highest BCUT2D eigenvalue weighted by Gasteiger charge is 2.53. The summed E-state index contributed by atoms with van der Waals surface area (Å²) in [6.07, 6.45) is 5.10. The van der Waals surface area contributed by atoms with Crippen LogP contribution in [0.1, 0.15) is 106 Å². The van der Waals surface area contributed by atoms with E-state index in [0.29, 0.717) is 32.7 Å². The lowest BCUT2D eigenvalue weighted by Gasteiger charge is -2.47. The van der Waals surface area contributed by atoms with Crippen LogP contribution in [0.15, 0.2) is 47.5 Å². The van der Waals surface area contributed by atoms with Gasteiger partial charge in [-0.15, -0.1) is 10.2 Å². The van der Waals surface area contributed by atoms with Gasteiger partial charge in [0, 0.05) is 21.2 Å². The Morgan fingerprint density at radius 3 is 2.28 bits per heavy atom. The largest absolute Gasteiger partial charge is 0.345 e. The summed E-state index contributed by atoms with van der Waals surface area (Å²) in [4.78, 5) is 34.6. The van der Waals surface area contributed by atoms with Gasteiger partial charge in [-0.1, -0.05) is 75.2 Å². The molecule has 1 aliphatic heterocycles. The lowest BCUT2D eigenvalue weighted by atomic mass is 9.72. The van der Waals surface area contributed by atoms with E-state index in [9.17, 15) is 9.59 Å². The predicted octanol–water partition coefficient (Wildman–Crippen LogP) is 6.93. The number of aliphatic imine (C=N–C) groups is 1. The van der Waals surface area contributed by atoms with Crippen LogP contribution in [0.2, 0.25) is 10.0 Å². The van der Waals surface area contributed by atoms with Crippen molar-refractivity contribution in [2.45, 2.75) is 91.4 Å². The van der Waals surface area contributed by atoms with Crippen molar-refractivity contribution in [2.24, 2.45) is 15.8 Å². The van der Waals surface area contributed by atoms with E-state index in [-0.39, 0.29) is 35.2 Å². The summed E-state index contributed by atoms with van der Waals surface area (Å²) >= 11 is 12.7. The van der Waals surface area contributed by atoms with Gasteiger partial charge >= 0.3 is 0 Å². The number of aromatic amines is 1. The summed E-state index contributed by atoms with van der Waals surface area (Å²) < 4.78 is 0. The van der Waals surface area contributed by atoms with E-state index >= 15 is 0 Å². The molecule has 2 aliphatic rings. The Hall–Kier alpha value is -3.30. The zero-order chi connectivity index (χ0) is 31.0.